The van der Waals surface area contributed by atoms with Gasteiger partial charge in [-0.3, -0.25) is 4.98 Å². The lowest BCUT2D eigenvalue weighted by molar-refractivity contribution is 0.147. The summed E-state index contributed by atoms with van der Waals surface area (Å²) in [5.41, 5.74) is 3.71. The van der Waals surface area contributed by atoms with Gasteiger partial charge in [-0.1, -0.05) is 0 Å². The largest absolute Gasteiger partial charge is 0.384 e. The van der Waals surface area contributed by atoms with E-state index in [9.17, 15) is 0 Å². The number of hydrogen-bond acceptors (Lipinski definition) is 6. The van der Waals surface area contributed by atoms with Crippen LogP contribution in [-0.2, 0) is 17.6 Å². The van der Waals surface area contributed by atoms with Gasteiger partial charge in [0.2, 0.25) is 0 Å². The number of rotatable bonds is 6. The summed E-state index contributed by atoms with van der Waals surface area (Å²) in [6.45, 7) is 3.66. The molecule has 140 valence electrons. The Balaban J connectivity index is 0.00000196. The molecule has 2 N–H and O–H groups in total. The second kappa shape index (κ2) is 8.29. The van der Waals surface area contributed by atoms with Crippen LogP contribution in [0.5, 0.6) is 0 Å². The van der Waals surface area contributed by atoms with Gasteiger partial charge in [0.1, 0.15) is 5.82 Å². The molecule has 0 bridgehead atoms. The van der Waals surface area contributed by atoms with Crippen molar-refractivity contribution in [1.82, 2.24) is 20.3 Å². The van der Waals surface area contributed by atoms with Crippen LogP contribution in [0.1, 0.15) is 24.1 Å². The molecular weight excluding hydrogens is 350 g/mol. The van der Waals surface area contributed by atoms with E-state index in [0.29, 0.717) is 0 Å². The molecule has 26 heavy (non-hydrogen) atoms. The van der Waals surface area contributed by atoms with Crippen LogP contribution in [0.15, 0.2) is 24.5 Å². The standard InChI is InChI=1S/C19H25N5O.ClH/c1-25-13-19(6-7-19)12-22-18-15-4-10-21-11-5-16(15)23-17(24-18)14-2-8-20-9-3-14;/h2-3,8-9,21H,4-7,10-13H2,1H3,(H,22,23,24);1H. The van der Waals surface area contributed by atoms with Crippen molar-refractivity contribution in [2.75, 3.05) is 38.7 Å². The number of ether oxygens (including phenoxy) is 1. The molecule has 3 heterocycles. The molecule has 0 amide bonds. The number of aromatic nitrogens is 3. The Labute approximate surface area is 160 Å². The first-order valence-corrected chi connectivity index (χ1v) is 9.03. The Kier molecular flexibility index (Phi) is 6.06. The topological polar surface area (TPSA) is 72.0 Å². The number of halogens is 1. The Morgan fingerprint density at radius 2 is 1.92 bits per heavy atom. The summed E-state index contributed by atoms with van der Waals surface area (Å²) in [5.74, 6) is 1.77. The fourth-order valence-corrected chi connectivity index (χ4v) is 3.45. The molecule has 0 radical (unpaired) electrons. The van der Waals surface area contributed by atoms with Crippen LogP contribution in [0, 0.1) is 5.41 Å². The quantitative estimate of drug-likeness (QED) is 0.808. The minimum Gasteiger partial charge on any atom is -0.384 e. The molecule has 2 aromatic rings. The van der Waals surface area contributed by atoms with Gasteiger partial charge in [0.05, 0.1) is 12.3 Å². The lowest BCUT2D eigenvalue weighted by Crippen LogP contribution is -2.22. The summed E-state index contributed by atoms with van der Waals surface area (Å²) in [6, 6.07) is 3.93. The van der Waals surface area contributed by atoms with E-state index in [0.717, 1.165) is 62.0 Å². The average molecular weight is 376 g/mol. The van der Waals surface area contributed by atoms with Crippen LogP contribution >= 0.6 is 12.4 Å². The minimum absolute atomic E-state index is 0. The van der Waals surface area contributed by atoms with Crippen LogP contribution in [0.3, 0.4) is 0 Å². The lowest BCUT2D eigenvalue weighted by atomic mass is 10.1. The zero-order valence-corrected chi connectivity index (χ0v) is 15.9. The highest BCUT2D eigenvalue weighted by atomic mass is 35.5. The van der Waals surface area contributed by atoms with Crippen molar-refractivity contribution in [2.24, 2.45) is 5.41 Å². The zero-order chi connectivity index (χ0) is 17.1. The third-order valence-corrected chi connectivity index (χ3v) is 5.16. The molecule has 0 spiro atoms. The highest BCUT2D eigenvalue weighted by molar-refractivity contribution is 5.85. The van der Waals surface area contributed by atoms with Crippen LogP contribution in [-0.4, -0.2) is 48.3 Å². The Morgan fingerprint density at radius 3 is 2.65 bits per heavy atom. The smallest absolute Gasteiger partial charge is 0.161 e. The summed E-state index contributed by atoms with van der Waals surface area (Å²) < 4.78 is 5.39. The number of nitrogens with one attached hydrogen (secondary N) is 2. The van der Waals surface area contributed by atoms with Crippen molar-refractivity contribution in [3.8, 4) is 11.4 Å². The third kappa shape index (κ3) is 4.14. The van der Waals surface area contributed by atoms with Crippen LogP contribution in [0.4, 0.5) is 5.82 Å². The molecule has 2 aromatic heterocycles. The highest BCUT2D eigenvalue weighted by Gasteiger charge is 2.42. The van der Waals surface area contributed by atoms with E-state index < -0.39 is 0 Å². The van der Waals surface area contributed by atoms with Crippen molar-refractivity contribution in [1.29, 1.82) is 0 Å². The first-order chi connectivity index (χ1) is 12.3. The average Bonchev–Trinajstić information content (AvgIpc) is 3.44. The summed E-state index contributed by atoms with van der Waals surface area (Å²) in [6.07, 6.45) is 7.92. The maximum Gasteiger partial charge on any atom is 0.161 e. The van der Waals surface area contributed by atoms with E-state index >= 15 is 0 Å². The molecule has 6 nitrogen and oxygen atoms in total. The first-order valence-electron chi connectivity index (χ1n) is 9.03. The molecule has 0 saturated heterocycles. The predicted octanol–water partition coefficient (Wildman–Crippen LogP) is 2.49. The first kappa shape index (κ1) is 19.0. The summed E-state index contributed by atoms with van der Waals surface area (Å²) >= 11 is 0. The summed E-state index contributed by atoms with van der Waals surface area (Å²) in [5, 5.41) is 7.08. The number of hydrogen-bond donors (Lipinski definition) is 2. The van der Waals surface area contributed by atoms with Gasteiger partial charge in [0.25, 0.3) is 0 Å². The number of pyridine rings is 1. The molecule has 0 aromatic carbocycles. The number of fused-ring (bicyclic) bond motifs is 1. The van der Waals surface area contributed by atoms with Gasteiger partial charge in [-0.15, -0.1) is 12.4 Å². The van der Waals surface area contributed by atoms with Crippen molar-refractivity contribution < 1.29 is 4.74 Å². The van der Waals surface area contributed by atoms with Gasteiger partial charge in [0, 0.05) is 55.6 Å². The van der Waals surface area contributed by atoms with Crippen LogP contribution < -0.4 is 10.6 Å². The minimum atomic E-state index is 0. The highest BCUT2D eigenvalue weighted by Crippen LogP contribution is 2.45. The number of anilines is 1. The Bertz CT molecular complexity index is 736. The fraction of sp³-hybridized carbons (Fsp3) is 0.526. The second-order valence-corrected chi connectivity index (χ2v) is 7.09. The van der Waals surface area contributed by atoms with E-state index in [-0.39, 0.29) is 17.8 Å². The molecule has 7 heteroatoms. The van der Waals surface area contributed by atoms with E-state index in [1.807, 2.05) is 12.1 Å². The second-order valence-electron chi connectivity index (χ2n) is 7.09. The van der Waals surface area contributed by atoms with Gasteiger partial charge < -0.3 is 15.4 Å². The molecule has 2 aliphatic rings. The predicted molar refractivity (Wildman–Crippen MR) is 105 cm³/mol. The van der Waals surface area contributed by atoms with Gasteiger partial charge in [-0.25, -0.2) is 9.97 Å². The van der Waals surface area contributed by atoms with Crippen LogP contribution in [0.2, 0.25) is 0 Å². The summed E-state index contributed by atoms with van der Waals surface area (Å²) in [7, 11) is 1.78. The van der Waals surface area contributed by atoms with E-state index in [2.05, 4.69) is 15.6 Å². The normalized spacial score (nSPS) is 17.6. The van der Waals surface area contributed by atoms with E-state index in [1.165, 1.54) is 18.4 Å². The van der Waals surface area contributed by atoms with Gasteiger partial charge in [-0.05, 0) is 37.9 Å². The van der Waals surface area contributed by atoms with E-state index in [1.54, 1.807) is 19.5 Å². The number of nitrogens with zero attached hydrogens (tertiary/aromatic N) is 3. The summed E-state index contributed by atoms with van der Waals surface area (Å²) in [4.78, 5) is 13.8. The van der Waals surface area contributed by atoms with Crippen molar-refractivity contribution in [3.63, 3.8) is 0 Å². The van der Waals surface area contributed by atoms with Gasteiger partial charge >= 0.3 is 0 Å². The maximum absolute atomic E-state index is 5.39. The molecule has 1 aliphatic heterocycles. The molecule has 1 saturated carbocycles. The molecule has 4 rings (SSSR count). The number of methoxy groups -OCH3 is 1. The SMILES string of the molecule is COCC1(CNc2nc(-c3ccncc3)nc3c2CCNCC3)CC1.Cl. The zero-order valence-electron chi connectivity index (χ0n) is 15.1. The van der Waals surface area contributed by atoms with Crippen molar-refractivity contribution >= 4 is 18.2 Å². The Morgan fingerprint density at radius 1 is 1.15 bits per heavy atom. The third-order valence-electron chi connectivity index (χ3n) is 5.16. The molecule has 0 unspecified atom stereocenters. The van der Waals surface area contributed by atoms with Gasteiger partial charge in [-0.2, -0.15) is 0 Å². The maximum atomic E-state index is 5.39. The monoisotopic (exact) mass is 375 g/mol. The van der Waals surface area contributed by atoms with Crippen LogP contribution in [0.25, 0.3) is 11.4 Å². The Hall–Kier alpha value is -1.76. The molecule has 1 aliphatic carbocycles. The molecule has 0 atom stereocenters. The lowest BCUT2D eigenvalue weighted by Gasteiger charge is -2.19. The van der Waals surface area contributed by atoms with Crippen molar-refractivity contribution in [3.05, 3.63) is 35.8 Å². The van der Waals surface area contributed by atoms with Gasteiger partial charge in [0.15, 0.2) is 5.82 Å². The van der Waals surface area contributed by atoms with Crippen molar-refractivity contribution in [2.45, 2.75) is 25.7 Å². The fourth-order valence-electron chi connectivity index (χ4n) is 3.45. The molecular formula is C19H26ClN5O. The molecule has 1 fully saturated rings. The van der Waals surface area contributed by atoms with E-state index in [4.69, 9.17) is 14.7 Å².